The van der Waals surface area contributed by atoms with Gasteiger partial charge in [-0.3, -0.25) is 5.32 Å². The van der Waals surface area contributed by atoms with Crippen LogP contribution in [0.5, 0.6) is 11.5 Å². The van der Waals surface area contributed by atoms with E-state index < -0.39 is 0 Å². The van der Waals surface area contributed by atoms with Crippen molar-refractivity contribution in [1.29, 1.82) is 0 Å². The summed E-state index contributed by atoms with van der Waals surface area (Å²) in [4.78, 5) is 5.80. The number of hydrogen-bond donors (Lipinski definition) is 2. The number of rotatable bonds is 6. The standard InChI is InChI=1S/C21H24N4O3S/c1-26-18-8-16-17(9-19(18)27-2)25(12-22-16)10-13-3-4-15-20(7-13)29-21(24-15)23-14-5-6-28-11-14/h3-4,7-9,12,14,21,23-24H,5-6,10-11H2,1-2H3. The molecule has 3 heterocycles. The van der Waals surface area contributed by atoms with Crippen molar-refractivity contribution in [3.63, 3.8) is 0 Å². The molecule has 1 aromatic heterocycles. The number of anilines is 1. The van der Waals surface area contributed by atoms with Crippen molar-refractivity contribution < 1.29 is 14.2 Å². The van der Waals surface area contributed by atoms with Crippen molar-refractivity contribution >= 4 is 28.5 Å². The van der Waals surface area contributed by atoms with E-state index in [-0.39, 0.29) is 5.50 Å². The van der Waals surface area contributed by atoms with Crippen molar-refractivity contribution in [2.75, 3.05) is 32.8 Å². The monoisotopic (exact) mass is 412 g/mol. The summed E-state index contributed by atoms with van der Waals surface area (Å²) in [5, 5.41) is 7.17. The lowest BCUT2D eigenvalue weighted by Gasteiger charge is -2.17. The second kappa shape index (κ2) is 7.78. The number of nitrogens with zero attached hydrogens (tertiary/aromatic N) is 2. The largest absolute Gasteiger partial charge is 0.493 e. The predicted molar refractivity (Wildman–Crippen MR) is 114 cm³/mol. The Hall–Kier alpha value is -2.42. The zero-order valence-electron chi connectivity index (χ0n) is 16.5. The van der Waals surface area contributed by atoms with Gasteiger partial charge in [-0.05, 0) is 24.1 Å². The highest BCUT2D eigenvalue weighted by molar-refractivity contribution is 8.00. The van der Waals surface area contributed by atoms with Gasteiger partial charge in [0.2, 0.25) is 0 Å². The first-order valence-corrected chi connectivity index (χ1v) is 10.6. The minimum Gasteiger partial charge on any atom is -0.493 e. The summed E-state index contributed by atoms with van der Waals surface area (Å²) >= 11 is 1.83. The summed E-state index contributed by atoms with van der Waals surface area (Å²) in [7, 11) is 3.29. The molecule has 0 saturated carbocycles. The van der Waals surface area contributed by atoms with Crippen LogP contribution in [0.3, 0.4) is 0 Å². The van der Waals surface area contributed by atoms with E-state index in [4.69, 9.17) is 14.2 Å². The SMILES string of the molecule is COc1cc2ncn(Cc3ccc4c(c3)SC(NC3CCOC3)N4)c2cc1OC. The average molecular weight is 413 g/mol. The maximum absolute atomic E-state index is 5.46. The summed E-state index contributed by atoms with van der Waals surface area (Å²) in [6.07, 6.45) is 2.94. The molecule has 29 heavy (non-hydrogen) atoms. The average Bonchev–Trinajstić information content (AvgIpc) is 3.47. The molecule has 2 atom stereocenters. The Kier molecular flexibility index (Phi) is 4.99. The van der Waals surface area contributed by atoms with E-state index in [1.165, 1.54) is 16.1 Å². The van der Waals surface area contributed by atoms with Crippen molar-refractivity contribution in [3.8, 4) is 11.5 Å². The van der Waals surface area contributed by atoms with Crippen LogP contribution >= 0.6 is 11.8 Å². The fourth-order valence-electron chi connectivity index (χ4n) is 3.84. The van der Waals surface area contributed by atoms with Crippen LogP contribution in [0.4, 0.5) is 5.69 Å². The van der Waals surface area contributed by atoms with Crippen LogP contribution in [0.25, 0.3) is 11.0 Å². The molecule has 7 nitrogen and oxygen atoms in total. The Bertz CT molecular complexity index is 1030. The van der Waals surface area contributed by atoms with Crippen LogP contribution in [0.2, 0.25) is 0 Å². The molecule has 3 aromatic rings. The number of aromatic nitrogens is 2. The molecule has 2 aliphatic heterocycles. The molecule has 0 bridgehead atoms. The third-order valence-corrected chi connectivity index (χ3v) is 6.45. The van der Waals surface area contributed by atoms with Gasteiger partial charge >= 0.3 is 0 Å². The van der Waals surface area contributed by atoms with E-state index in [1.54, 1.807) is 14.2 Å². The number of ether oxygens (including phenoxy) is 3. The van der Waals surface area contributed by atoms with Crippen LogP contribution in [-0.4, -0.2) is 48.5 Å². The van der Waals surface area contributed by atoms with Crippen LogP contribution in [0.15, 0.2) is 41.6 Å². The van der Waals surface area contributed by atoms with E-state index in [2.05, 4.69) is 38.4 Å². The van der Waals surface area contributed by atoms with Crippen molar-refractivity contribution in [2.45, 2.75) is 29.4 Å². The normalized spacial score (nSPS) is 20.6. The molecule has 2 unspecified atom stereocenters. The van der Waals surface area contributed by atoms with Gasteiger partial charge in [-0.1, -0.05) is 17.8 Å². The van der Waals surface area contributed by atoms with Crippen LogP contribution in [-0.2, 0) is 11.3 Å². The molecule has 0 radical (unpaired) electrons. The van der Waals surface area contributed by atoms with E-state index in [9.17, 15) is 0 Å². The van der Waals surface area contributed by atoms with Crippen molar-refractivity contribution in [3.05, 3.63) is 42.2 Å². The first kappa shape index (κ1) is 18.6. The minimum absolute atomic E-state index is 0.192. The number of thioether (sulfide) groups is 1. The molecule has 0 spiro atoms. The van der Waals surface area contributed by atoms with Crippen LogP contribution in [0, 0.1) is 0 Å². The predicted octanol–water partition coefficient (Wildman–Crippen LogP) is 3.28. The lowest BCUT2D eigenvalue weighted by atomic mass is 10.2. The fourth-order valence-corrected chi connectivity index (χ4v) is 5.02. The second-order valence-corrected chi connectivity index (χ2v) is 8.42. The Balaban J connectivity index is 1.34. The quantitative estimate of drug-likeness (QED) is 0.644. The number of benzene rings is 2. The molecule has 5 rings (SSSR count). The highest BCUT2D eigenvalue weighted by Gasteiger charge is 2.26. The van der Waals surface area contributed by atoms with E-state index >= 15 is 0 Å². The number of hydrogen-bond acceptors (Lipinski definition) is 7. The third-order valence-electron chi connectivity index (χ3n) is 5.37. The lowest BCUT2D eigenvalue weighted by molar-refractivity contribution is 0.190. The van der Waals surface area contributed by atoms with Crippen molar-refractivity contribution in [1.82, 2.24) is 14.9 Å². The van der Waals surface area contributed by atoms with Crippen molar-refractivity contribution in [2.24, 2.45) is 0 Å². The topological polar surface area (TPSA) is 69.6 Å². The molecular formula is C21H24N4O3S. The molecule has 2 N–H and O–H groups in total. The molecule has 152 valence electrons. The zero-order chi connectivity index (χ0) is 19.8. The Morgan fingerprint density at radius 3 is 2.90 bits per heavy atom. The summed E-state index contributed by atoms with van der Waals surface area (Å²) in [6, 6.07) is 10.9. The summed E-state index contributed by atoms with van der Waals surface area (Å²) in [5.74, 6) is 1.40. The lowest BCUT2D eigenvalue weighted by Crippen LogP contribution is -2.39. The molecule has 0 amide bonds. The van der Waals surface area contributed by atoms with E-state index in [1.807, 2.05) is 30.2 Å². The first-order valence-electron chi connectivity index (χ1n) is 9.70. The zero-order valence-corrected chi connectivity index (χ0v) is 17.3. The Morgan fingerprint density at radius 2 is 2.10 bits per heavy atom. The van der Waals surface area contributed by atoms with Gasteiger partial charge in [-0.25, -0.2) is 4.98 Å². The first-order chi connectivity index (χ1) is 14.2. The van der Waals surface area contributed by atoms with Gasteiger partial charge in [0, 0.05) is 41.9 Å². The number of imidazole rings is 1. The Labute approximate surface area is 173 Å². The maximum atomic E-state index is 5.46. The van der Waals surface area contributed by atoms with Crippen LogP contribution in [0.1, 0.15) is 12.0 Å². The van der Waals surface area contributed by atoms with Gasteiger partial charge in [-0.2, -0.15) is 0 Å². The molecule has 8 heteroatoms. The minimum atomic E-state index is 0.192. The van der Waals surface area contributed by atoms with E-state index in [0.29, 0.717) is 17.5 Å². The Morgan fingerprint density at radius 1 is 1.24 bits per heavy atom. The van der Waals surface area contributed by atoms with Crippen LogP contribution < -0.4 is 20.1 Å². The van der Waals surface area contributed by atoms with E-state index in [0.717, 1.165) is 37.2 Å². The molecule has 2 aromatic carbocycles. The second-order valence-electron chi connectivity index (χ2n) is 7.27. The van der Waals surface area contributed by atoms with Gasteiger partial charge in [0.05, 0.1) is 38.2 Å². The molecule has 2 aliphatic rings. The van der Waals surface area contributed by atoms with Gasteiger partial charge in [0.1, 0.15) is 5.50 Å². The smallest absolute Gasteiger partial charge is 0.163 e. The number of methoxy groups -OCH3 is 2. The summed E-state index contributed by atoms with van der Waals surface area (Å²) in [6.45, 7) is 2.39. The van der Waals surface area contributed by atoms with Gasteiger partial charge in [0.15, 0.2) is 11.5 Å². The fraction of sp³-hybridized carbons (Fsp3) is 0.381. The highest BCUT2D eigenvalue weighted by Crippen LogP contribution is 2.38. The number of nitrogens with one attached hydrogen (secondary N) is 2. The number of fused-ring (bicyclic) bond motifs is 2. The highest BCUT2D eigenvalue weighted by atomic mass is 32.2. The van der Waals surface area contributed by atoms with Gasteiger partial charge < -0.3 is 24.1 Å². The molecular weight excluding hydrogens is 388 g/mol. The molecule has 1 saturated heterocycles. The van der Waals surface area contributed by atoms with Gasteiger partial charge in [0.25, 0.3) is 0 Å². The third kappa shape index (κ3) is 3.63. The summed E-state index contributed by atoms with van der Waals surface area (Å²) in [5.41, 5.74) is 4.52. The molecule has 0 aliphatic carbocycles. The maximum Gasteiger partial charge on any atom is 0.163 e. The van der Waals surface area contributed by atoms with Gasteiger partial charge in [-0.15, -0.1) is 0 Å². The molecule has 1 fully saturated rings. The summed E-state index contributed by atoms with van der Waals surface area (Å²) < 4.78 is 18.4.